The quantitative estimate of drug-likeness (QED) is 0.186. The third kappa shape index (κ3) is 3.59. The van der Waals surface area contributed by atoms with Gasteiger partial charge in [-0.15, -0.1) is 11.3 Å². The number of thiophene rings is 1. The van der Waals surface area contributed by atoms with E-state index in [-0.39, 0.29) is 6.71 Å². The van der Waals surface area contributed by atoms with Crippen LogP contribution >= 0.6 is 11.3 Å². The third-order valence-electron chi connectivity index (χ3n) is 9.66. The van der Waals surface area contributed by atoms with E-state index in [4.69, 9.17) is 0 Å². The zero-order valence-corrected chi connectivity index (χ0v) is 25.8. The Hall–Kier alpha value is -5.58. The number of rotatable bonds is 3. The van der Waals surface area contributed by atoms with Gasteiger partial charge in [-0.1, -0.05) is 115 Å². The van der Waals surface area contributed by atoms with E-state index in [1.54, 1.807) is 0 Å². The van der Waals surface area contributed by atoms with Gasteiger partial charge in [-0.25, -0.2) is 0 Å². The van der Waals surface area contributed by atoms with E-state index in [2.05, 4.69) is 174 Å². The van der Waals surface area contributed by atoms with Crippen LogP contribution in [0.2, 0.25) is 0 Å². The molecule has 0 fully saturated rings. The lowest BCUT2D eigenvalue weighted by molar-refractivity contribution is 1.25. The summed E-state index contributed by atoms with van der Waals surface area (Å²) < 4.78 is 2.66. The average Bonchev–Trinajstić information content (AvgIpc) is 3.51. The van der Waals surface area contributed by atoms with Crippen LogP contribution in [0.3, 0.4) is 0 Å². The molecule has 1 aromatic heterocycles. The van der Waals surface area contributed by atoms with Crippen LogP contribution in [0.15, 0.2) is 164 Å². The number of hydrogen-bond donors (Lipinski definition) is 0. The van der Waals surface area contributed by atoms with Gasteiger partial charge in [-0.2, -0.15) is 0 Å². The minimum Gasteiger partial charge on any atom is -0.311 e. The van der Waals surface area contributed by atoms with Crippen LogP contribution < -0.4 is 26.2 Å². The second-order valence-electron chi connectivity index (χ2n) is 12.1. The Morgan fingerprint density at radius 1 is 0.391 bits per heavy atom. The lowest BCUT2D eigenvalue weighted by Crippen LogP contribution is -2.61. The molecule has 0 amide bonds. The smallest absolute Gasteiger partial charge is 0.252 e. The van der Waals surface area contributed by atoms with Gasteiger partial charge in [0.25, 0.3) is 6.71 Å². The monoisotopic (exact) mass is 602 g/mol. The lowest BCUT2D eigenvalue weighted by atomic mass is 9.33. The van der Waals surface area contributed by atoms with Crippen LogP contribution in [-0.4, -0.2) is 6.71 Å². The van der Waals surface area contributed by atoms with Crippen molar-refractivity contribution in [3.05, 3.63) is 164 Å². The molecule has 0 radical (unpaired) electrons. The highest BCUT2D eigenvalue weighted by atomic mass is 32.1. The van der Waals surface area contributed by atoms with Crippen LogP contribution in [0, 0.1) is 0 Å². The van der Waals surface area contributed by atoms with Crippen LogP contribution in [0.5, 0.6) is 0 Å². The van der Waals surface area contributed by atoms with Gasteiger partial charge in [0.1, 0.15) is 0 Å². The maximum Gasteiger partial charge on any atom is 0.252 e. The number of benzene rings is 7. The number of anilines is 6. The van der Waals surface area contributed by atoms with Gasteiger partial charge in [0.15, 0.2) is 0 Å². The van der Waals surface area contributed by atoms with Crippen molar-refractivity contribution in [2.24, 2.45) is 0 Å². The fourth-order valence-corrected chi connectivity index (χ4v) is 9.04. The average molecular weight is 603 g/mol. The highest BCUT2D eigenvalue weighted by Crippen LogP contribution is 2.48. The highest BCUT2D eigenvalue weighted by Gasteiger charge is 2.43. The van der Waals surface area contributed by atoms with Gasteiger partial charge in [-0.3, -0.25) is 0 Å². The number of hydrogen-bond acceptors (Lipinski definition) is 3. The van der Waals surface area contributed by atoms with E-state index in [0.29, 0.717) is 0 Å². The molecule has 10 rings (SSSR count). The number of para-hydroxylation sites is 4. The molecule has 4 heteroatoms. The summed E-state index contributed by atoms with van der Waals surface area (Å²) in [5, 5.41) is 2.64. The summed E-state index contributed by atoms with van der Waals surface area (Å²) in [5.74, 6) is 0. The maximum absolute atomic E-state index is 2.52. The fraction of sp³-hybridized carbons (Fsp3) is 0. The molecule has 0 unspecified atom stereocenters. The first kappa shape index (κ1) is 25.7. The Morgan fingerprint density at radius 2 is 0.935 bits per heavy atom. The van der Waals surface area contributed by atoms with Crippen molar-refractivity contribution in [3.63, 3.8) is 0 Å². The zero-order chi connectivity index (χ0) is 30.2. The summed E-state index contributed by atoms with van der Waals surface area (Å²) in [6, 6.07) is 60.1. The molecule has 2 aliphatic rings. The first-order valence-corrected chi connectivity index (χ1v) is 16.6. The van der Waals surface area contributed by atoms with Gasteiger partial charge in [-0.05, 0) is 64.9 Å². The van der Waals surface area contributed by atoms with Gasteiger partial charge in [0.05, 0.1) is 5.69 Å². The van der Waals surface area contributed by atoms with Crippen LogP contribution in [0.1, 0.15) is 0 Å². The summed E-state index contributed by atoms with van der Waals surface area (Å²) in [7, 11) is 0. The molecule has 2 aliphatic heterocycles. The van der Waals surface area contributed by atoms with E-state index < -0.39 is 0 Å². The molecule has 2 nitrogen and oxygen atoms in total. The van der Waals surface area contributed by atoms with Crippen LogP contribution in [0.4, 0.5) is 34.1 Å². The maximum atomic E-state index is 2.52. The van der Waals surface area contributed by atoms with Gasteiger partial charge < -0.3 is 9.80 Å². The molecule has 3 heterocycles. The van der Waals surface area contributed by atoms with Crippen molar-refractivity contribution in [3.8, 4) is 11.1 Å². The molecular formula is C42H27BN2S. The number of nitrogens with zero attached hydrogens (tertiary/aromatic N) is 2. The first-order chi connectivity index (χ1) is 22.9. The lowest BCUT2D eigenvalue weighted by Gasteiger charge is -2.44. The topological polar surface area (TPSA) is 6.48 Å². The van der Waals surface area contributed by atoms with E-state index in [0.717, 1.165) is 0 Å². The second kappa shape index (κ2) is 9.97. The Bertz CT molecular complexity index is 2470. The normalized spacial score (nSPS) is 13.1. The van der Waals surface area contributed by atoms with Gasteiger partial charge in [0.2, 0.25) is 0 Å². The van der Waals surface area contributed by atoms with Crippen molar-refractivity contribution in [1.82, 2.24) is 0 Å². The molecule has 214 valence electrons. The fourth-order valence-electron chi connectivity index (χ4n) is 7.81. The van der Waals surface area contributed by atoms with Crippen molar-refractivity contribution in [1.29, 1.82) is 0 Å². The predicted octanol–water partition coefficient (Wildman–Crippen LogP) is 9.80. The Morgan fingerprint density at radius 3 is 1.74 bits per heavy atom. The van der Waals surface area contributed by atoms with E-state index >= 15 is 0 Å². The molecular weight excluding hydrogens is 575 g/mol. The van der Waals surface area contributed by atoms with E-state index in [1.165, 1.54) is 81.8 Å². The molecule has 0 aliphatic carbocycles. The summed E-state index contributed by atoms with van der Waals surface area (Å²) in [6.07, 6.45) is 0. The Balaban J connectivity index is 1.26. The molecule has 0 N–H and O–H groups in total. The molecule has 46 heavy (non-hydrogen) atoms. The minimum atomic E-state index is 0.132. The summed E-state index contributed by atoms with van der Waals surface area (Å²) in [6.45, 7) is 0.132. The van der Waals surface area contributed by atoms with Crippen LogP contribution in [0.25, 0.3) is 31.3 Å². The first-order valence-electron chi connectivity index (χ1n) is 15.8. The molecule has 0 saturated heterocycles. The van der Waals surface area contributed by atoms with Crippen molar-refractivity contribution in [2.45, 2.75) is 0 Å². The van der Waals surface area contributed by atoms with Crippen LogP contribution in [-0.2, 0) is 0 Å². The molecule has 7 aromatic carbocycles. The Kier molecular flexibility index (Phi) is 5.57. The van der Waals surface area contributed by atoms with Gasteiger partial charge >= 0.3 is 0 Å². The van der Waals surface area contributed by atoms with Crippen molar-refractivity contribution in [2.75, 3.05) is 9.80 Å². The molecule has 0 spiro atoms. The van der Waals surface area contributed by atoms with Gasteiger partial charge in [0, 0.05) is 59.7 Å². The molecule has 0 saturated carbocycles. The molecule has 0 bridgehead atoms. The SMILES string of the molecule is c1ccc(N2c3ccccc3B3c4ccccc4N(c4ccccc4-c4cccc5c4sc4ccccc45)c4cccc2c43)cc1. The summed E-state index contributed by atoms with van der Waals surface area (Å²) >= 11 is 1.89. The third-order valence-corrected chi connectivity index (χ3v) is 10.9. The van der Waals surface area contributed by atoms with E-state index in [9.17, 15) is 0 Å². The number of fused-ring (bicyclic) bond motifs is 7. The summed E-state index contributed by atoms with van der Waals surface area (Å²) in [5.41, 5.74) is 13.8. The van der Waals surface area contributed by atoms with E-state index in [1.807, 2.05) is 11.3 Å². The Labute approximate surface area is 272 Å². The largest absolute Gasteiger partial charge is 0.311 e. The second-order valence-corrected chi connectivity index (χ2v) is 13.1. The zero-order valence-electron chi connectivity index (χ0n) is 25.0. The highest BCUT2D eigenvalue weighted by molar-refractivity contribution is 7.26. The predicted molar refractivity (Wildman–Crippen MR) is 199 cm³/mol. The standard InChI is InChI=1S/C42H27BN2S/c1-2-14-28(15-3-1)44-36-23-9-6-20-33(36)43-34-21-7-10-24-37(34)45(39-26-13-25-38(44)41(39)43)35-22-8-4-16-29(35)31-18-12-19-32-30-17-5-11-27-40(30)46-42(31)32/h1-27H. The van der Waals surface area contributed by atoms with Crippen molar-refractivity contribution >= 4 is 88.7 Å². The molecule has 0 atom stereocenters. The van der Waals surface area contributed by atoms with Crippen molar-refractivity contribution < 1.29 is 0 Å². The molecule has 8 aromatic rings. The minimum absolute atomic E-state index is 0.132. The summed E-state index contributed by atoms with van der Waals surface area (Å²) in [4.78, 5) is 4.96.